The van der Waals surface area contributed by atoms with E-state index in [1.807, 2.05) is 42.5 Å². The molecule has 0 spiro atoms. The van der Waals surface area contributed by atoms with Crippen LogP contribution in [0.4, 0.5) is 0 Å². The van der Waals surface area contributed by atoms with Gasteiger partial charge in [0.05, 0.1) is 5.69 Å². The Morgan fingerprint density at radius 3 is 2.56 bits per heavy atom. The van der Waals surface area contributed by atoms with Crippen LogP contribution in [0.3, 0.4) is 0 Å². The van der Waals surface area contributed by atoms with Crippen LogP contribution >= 0.6 is 23.4 Å². The molecule has 0 saturated heterocycles. The minimum Gasteiger partial charge on any atom is -0.439 e. The van der Waals surface area contributed by atoms with Gasteiger partial charge in [0.25, 0.3) is 0 Å². The van der Waals surface area contributed by atoms with Crippen LogP contribution in [0.1, 0.15) is 42.1 Å². The second-order valence-electron chi connectivity index (χ2n) is 6.75. The smallest absolute Gasteiger partial charge is 0.223 e. The van der Waals surface area contributed by atoms with Gasteiger partial charge in [-0.2, -0.15) is 4.98 Å². The van der Waals surface area contributed by atoms with Crippen molar-refractivity contribution in [2.75, 3.05) is 0 Å². The fourth-order valence-electron chi connectivity index (χ4n) is 2.54. The Kier molecular flexibility index (Phi) is 6.40. The number of ether oxygens (including phenoxy) is 1. The lowest BCUT2D eigenvalue weighted by Crippen LogP contribution is -2.00. The van der Waals surface area contributed by atoms with Crippen molar-refractivity contribution in [2.45, 2.75) is 44.5 Å². The highest BCUT2D eigenvalue weighted by molar-refractivity contribution is 7.98. The quantitative estimate of drug-likeness (QED) is 0.332. The maximum absolute atomic E-state index is 6.26. The minimum absolute atomic E-state index is 0.286. The first-order chi connectivity index (χ1) is 12.9. The van der Waals surface area contributed by atoms with Crippen LogP contribution < -0.4 is 4.74 Å². The van der Waals surface area contributed by atoms with Crippen LogP contribution in [0.15, 0.2) is 53.7 Å². The van der Waals surface area contributed by atoms with Crippen LogP contribution in [0.25, 0.3) is 0 Å². The second kappa shape index (κ2) is 8.77. The molecule has 0 aliphatic heterocycles. The zero-order valence-corrected chi connectivity index (χ0v) is 17.6. The number of hydrogen-bond acceptors (Lipinski definition) is 4. The van der Waals surface area contributed by atoms with Crippen molar-refractivity contribution in [3.63, 3.8) is 0 Å². The number of aromatic nitrogens is 2. The highest BCUT2D eigenvalue weighted by atomic mass is 35.5. The van der Waals surface area contributed by atoms with Gasteiger partial charge in [0, 0.05) is 16.8 Å². The zero-order chi connectivity index (χ0) is 19.4. The number of benzene rings is 2. The van der Waals surface area contributed by atoms with Crippen molar-refractivity contribution in [3.8, 4) is 11.6 Å². The number of rotatable bonds is 6. The standard InChI is InChI=1S/C22H23ClN2OS/c1-14(2)19-12-21(26-20-11-7-8-15(3)16(20)4)25-22(24-19)27-13-17-9-5-6-10-18(17)23/h5-12,14H,13H2,1-4H3. The number of nitrogens with zero attached hydrogens (tertiary/aromatic N) is 2. The molecule has 1 aromatic heterocycles. The molecule has 0 aliphatic carbocycles. The summed E-state index contributed by atoms with van der Waals surface area (Å²) in [6.45, 7) is 8.37. The van der Waals surface area contributed by atoms with Gasteiger partial charge in [-0.05, 0) is 48.6 Å². The van der Waals surface area contributed by atoms with E-state index in [2.05, 4.69) is 43.7 Å². The molecule has 0 atom stereocenters. The van der Waals surface area contributed by atoms with Crippen molar-refractivity contribution in [2.24, 2.45) is 0 Å². The van der Waals surface area contributed by atoms with E-state index in [1.54, 1.807) is 11.8 Å². The summed E-state index contributed by atoms with van der Waals surface area (Å²) < 4.78 is 6.11. The first kappa shape index (κ1) is 19.7. The molecule has 0 bridgehead atoms. The third-order valence-electron chi connectivity index (χ3n) is 4.38. The van der Waals surface area contributed by atoms with E-state index in [1.165, 1.54) is 5.56 Å². The summed E-state index contributed by atoms with van der Waals surface area (Å²) in [4.78, 5) is 9.30. The molecule has 0 aliphatic rings. The molecule has 2 aromatic carbocycles. The highest BCUT2D eigenvalue weighted by Gasteiger charge is 2.12. The summed E-state index contributed by atoms with van der Waals surface area (Å²) in [5.74, 6) is 2.40. The van der Waals surface area contributed by atoms with Crippen molar-refractivity contribution >= 4 is 23.4 Å². The average Bonchev–Trinajstić information content (AvgIpc) is 2.65. The van der Waals surface area contributed by atoms with E-state index in [-0.39, 0.29) is 5.92 Å². The molecule has 0 N–H and O–H groups in total. The molecule has 5 heteroatoms. The molecule has 3 nitrogen and oxygen atoms in total. The first-order valence-electron chi connectivity index (χ1n) is 8.93. The van der Waals surface area contributed by atoms with Gasteiger partial charge in [-0.25, -0.2) is 4.98 Å². The Morgan fingerprint density at radius 1 is 1.04 bits per heavy atom. The van der Waals surface area contributed by atoms with Crippen LogP contribution in [0.2, 0.25) is 5.02 Å². The lowest BCUT2D eigenvalue weighted by Gasteiger charge is -2.13. The summed E-state index contributed by atoms with van der Waals surface area (Å²) in [5, 5.41) is 1.46. The maximum atomic E-state index is 6.26. The molecule has 140 valence electrons. The number of halogens is 1. The van der Waals surface area contributed by atoms with Crippen molar-refractivity contribution < 1.29 is 4.74 Å². The second-order valence-corrected chi connectivity index (χ2v) is 8.10. The Morgan fingerprint density at radius 2 is 1.81 bits per heavy atom. The number of aryl methyl sites for hydroxylation is 1. The van der Waals surface area contributed by atoms with Gasteiger partial charge in [-0.3, -0.25) is 0 Å². The monoisotopic (exact) mass is 398 g/mol. The summed E-state index contributed by atoms with van der Waals surface area (Å²) in [6.07, 6.45) is 0. The Hall–Kier alpha value is -2.04. The van der Waals surface area contributed by atoms with Crippen LogP contribution in [0, 0.1) is 13.8 Å². The third kappa shape index (κ3) is 5.02. The molecular formula is C22H23ClN2OS. The first-order valence-corrected chi connectivity index (χ1v) is 10.3. The molecule has 3 rings (SSSR count). The molecule has 27 heavy (non-hydrogen) atoms. The minimum atomic E-state index is 0.286. The molecule has 0 radical (unpaired) electrons. The van der Waals surface area contributed by atoms with E-state index in [0.717, 1.165) is 27.6 Å². The number of thioether (sulfide) groups is 1. The lowest BCUT2D eigenvalue weighted by molar-refractivity contribution is 0.449. The Bertz CT molecular complexity index is 943. The fraction of sp³-hybridized carbons (Fsp3) is 0.273. The highest BCUT2D eigenvalue weighted by Crippen LogP contribution is 2.30. The molecule has 3 aromatic rings. The van der Waals surface area contributed by atoms with Gasteiger partial charge in [-0.15, -0.1) is 0 Å². The molecule has 0 fully saturated rings. The van der Waals surface area contributed by atoms with Crippen LogP contribution in [0.5, 0.6) is 11.6 Å². The third-order valence-corrected chi connectivity index (χ3v) is 5.64. The lowest BCUT2D eigenvalue weighted by atomic mass is 10.1. The summed E-state index contributed by atoms with van der Waals surface area (Å²) >= 11 is 7.83. The van der Waals surface area contributed by atoms with Crippen molar-refractivity contribution in [3.05, 3.63) is 75.9 Å². The Labute approximate surface area is 170 Å². The Balaban J connectivity index is 1.86. The van der Waals surface area contributed by atoms with E-state index in [0.29, 0.717) is 16.8 Å². The SMILES string of the molecule is Cc1cccc(Oc2cc(C(C)C)nc(SCc3ccccc3Cl)n2)c1C. The van der Waals surface area contributed by atoms with E-state index < -0.39 is 0 Å². The van der Waals surface area contributed by atoms with Gasteiger partial charge in [0.2, 0.25) is 5.88 Å². The summed E-state index contributed by atoms with van der Waals surface area (Å²) in [6, 6.07) is 15.8. The molecule has 0 unspecified atom stereocenters. The molecule has 0 saturated carbocycles. The summed E-state index contributed by atoms with van der Waals surface area (Å²) in [7, 11) is 0. The largest absolute Gasteiger partial charge is 0.439 e. The predicted octanol–water partition coefficient (Wildman–Crippen LogP) is 6.95. The van der Waals surface area contributed by atoms with E-state index >= 15 is 0 Å². The zero-order valence-electron chi connectivity index (χ0n) is 16.0. The van der Waals surface area contributed by atoms with Gasteiger partial charge >= 0.3 is 0 Å². The van der Waals surface area contributed by atoms with Crippen molar-refractivity contribution in [1.82, 2.24) is 9.97 Å². The number of hydrogen-bond donors (Lipinski definition) is 0. The normalized spacial score (nSPS) is 11.0. The molecule has 0 amide bonds. The topological polar surface area (TPSA) is 35.0 Å². The van der Waals surface area contributed by atoms with Crippen LogP contribution in [-0.4, -0.2) is 9.97 Å². The fourth-order valence-corrected chi connectivity index (χ4v) is 3.68. The maximum Gasteiger partial charge on any atom is 0.223 e. The molecular weight excluding hydrogens is 376 g/mol. The van der Waals surface area contributed by atoms with E-state index in [9.17, 15) is 0 Å². The predicted molar refractivity (Wildman–Crippen MR) is 113 cm³/mol. The van der Waals surface area contributed by atoms with Crippen LogP contribution in [-0.2, 0) is 5.75 Å². The average molecular weight is 399 g/mol. The van der Waals surface area contributed by atoms with Gasteiger partial charge in [-0.1, -0.05) is 67.5 Å². The summed E-state index contributed by atoms with van der Waals surface area (Å²) in [5.41, 5.74) is 4.35. The van der Waals surface area contributed by atoms with Gasteiger partial charge in [0.15, 0.2) is 5.16 Å². The van der Waals surface area contributed by atoms with Gasteiger partial charge in [0.1, 0.15) is 5.75 Å². The van der Waals surface area contributed by atoms with Crippen molar-refractivity contribution in [1.29, 1.82) is 0 Å². The van der Waals surface area contributed by atoms with E-state index in [4.69, 9.17) is 16.3 Å². The van der Waals surface area contributed by atoms with Gasteiger partial charge < -0.3 is 4.74 Å². The molecule has 1 heterocycles.